The molecule has 0 unspecified atom stereocenters. The molecule has 2 aliphatic heterocycles. The van der Waals surface area contributed by atoms with Gasteiger partial charge in [0, 0.05) is 58.3 Å². The second-order valence-electron chi connectivity index (χ2n) is 9.08. The average Bonchev–Trinajstić information content (AvgIpc) is 2.84. The standard InChI is InChI=1S/C23H35N3O6S/c1-18-6-8-20(9-7-18)25(2)21(27)5-3-4-19-10-14-26(15-11-19)33(30,31)23(22(28)24-29)12-16-32-17-13-23/h6-9,19,29H,3-5,10-17H2,1-2H3,(H,24,28). The van der Waals surface area contributed by atoms with Crippen LogP contribution in [0.4, 0.5) is 5.69 Å². The number of nitrogens with one attached hydrogen (secondary N) is 1. The predicted octanol–water partition coefficient (Wildman–Crippen LogP) is 2.22. The van der Waals surface area contributed by atoms with Gasteiger partial charge in [-0.15, -0.1) is 0 Å². The molecule has 3 rings (SSSR count). The van der Waals surface area contributed by atoms with Crippen LogP contribution in [0.15, 0.2) is 24.3 Å². The summed E-state index contributed by atoms with van der Waals surface area (Å²) in [5, 5.41) is 9.17. The van der Waals surface area contributed by atoms with E-state index in [4.69, 9.17) is 9.94 Å². The molecule has 0 aromatic heterocycles. The van der Waals surface area contributed by atoms with Crippen LogP contribution in [0.25, 0.3) is 0 Å². The lowest BCUT2D eigenvalue weighted by Gasteiger charge is -2.40. The van der Waals surface area contributed by atoms with Crippen molar-refractivity contribution in [1.29, 1.82) is 0 Å². The summed E-state index contributed by atoms with van der Waals surface area (Å²) in [5.74, 6) is -0.481. The zero-order valence-electron chi connectivity index (χ0n) is 19.5. The van der Waals surface area contributed by atoms with E-state index < -0.39 is 20.7 Å². The smallest absolute Gasteiger partial charge is 0.266 e. The molecule has 0 bridgehead atoms. The lowest BCUT2D eigenvalue weighted by molar-refractivity contribution is -0.134. The fraction of sp³-hybridized carbons (Fsp3) is 0.652. The number of carbonyl (C=O) groups excluding carboxylic acids is 2. The van der Waals surface area contributed by atoms with Crippen LogP contribution < -0.4 is 10.4 Å². The fourth-order valence-corrected chi connectivity index (χ4v) is 6.86. The Balaban J connectivity index is 1.49. The maximum absolute atomic E-state index is 13.4. The minimum atomic E-state index is -3.94. The molecule has 2 heterocycles. The Morgan fingerprint density at radius 3 is 2.36 bits per heavy atom. The molecular weight excluding hydrogens is 446 g/mol. The SMILES string of the molecule is Cc1ccc(N(C)C(=O)CCCC2CCN(S(=O)(=O)C3(C(=O)NO)CCOCC3)CC2)cc1. The number of aryl methyl sites for hydroxylation is 1. The monoisotopic (exact) mass is 481 g/mol. The summed E-state index contributed by atoms with van der Waals surface area (Å²) in [6, 6.07) is 7.84. The lowest BCUT2D eigenvalue weighted by atomic mass is 9.92. The van der Waals surface area contributed by atoms with Crippen LogP contribution in [-0.4, -0.2) is 67.8 Å². The number of carbonyl (C=O) groups is 2. The third kappa shape index (κ3) is 5.56. The number of benzene rings is 1. The van der Waals surface area contributed by atoms with E-state index in [2.05, 4.69) is 0 Å². The van der Waals surface area contributed by atoms with Crippen molar-refractivity contribution in [3.8, 4) is 0 Å². The highest BCUT2D eigenvalue weighted by Crippen LogP contribution is 2.35. The molecule has 0 spiro atoms. The third-order valence-corrected chi connectivity index (χ3v) is 9.65. The van der Waals surface area contributed by atoms with Gasteiger partial charge in [-0.25, -0.2) is 18.2 Å². The van der Waals surface area contributed by atoms with Gasteiger partial charge in [0.05, 0.1) is 0 Å². The van der Waals surface area contributed by atoms with Gasteiger partial charge in [0.2, 0.25) is 15.9 Å². The number of ether oxygens (including phenoxy) is 1. The molecule has 9 nitrogen and oxygen atoms in total. The van der Waals surface area contributed by atoms with E-state index in [0.717, 1.165) is 24.1 Å². The molecule has 0 radical (unpaired) electrons. The minimum Gasteiger partial charge on any atom is -0.381 e. The second-order valence-corrected chi connectivity index (χ2v) is 11.3. The molecule has 1 aromatic carbocycles. The first kappa shape index (κ1) is 25.6. The van der Waals surface area contributed by atoms with E-state index >= 15 is 0 Å². The molecule has 2 fully saturated rings. The van der Waals surface area contributed by atoms with Gasteiger partial charge in [0.25, 0.3) is 5.91 Å². The Morgan fingerprint density at radius 2 is 1.79 bits per heavy atom. The highest BCUT2D eigenvalue weighted by molar-refractivity contribution is 7.91. The molecule has 184 valence electrons. The van der Waals surface area contributed by atoms with Crippen molar-refractivity contribution in [3.63, 3.8) is 0 Å². The van der Waals surface area contributed by atoms with Gasteiger partial charge in [-0.05, 0) is 50.7 Å². The zero-order chi connectivity index (χ0) is 24.1. The molecule has 2 amide bonds. The molecule has 0 atom stereocenters. The van der Waals surface area contributed by atoms with Crippen molar-refractivity contribution in [2.75, 3.05) is 38.3 Å². The quantitative estimate of drug-likeness (QED) is 0.434. The Morgan fingerprint density at radius 1 is 1.18 bits per heavy atom. The molecule has 2 aliphatic rings. The Kier molecular flexibility index (Phi) is 8.49. The van der Waals surface area contributed by atoms with Crippen molar-refractivity contribution in [1.82, 2.24) is 9.79 Å². The molecular formula is C23H35N3O6S. The van der Waals surface area contributed by atoms with Crippen LogP contribution >= 0.6 is 0 Å². The average molecular weight is 482 g/mol. The summed E-state index contributed by atoms with van der Waals surface area (Å²) in [5.41, 5.74) is 3.57. The first-order valence-corrected chi connectivity index (χ1v) is 13.0. The van der Waals surface area contributed by atoms with E-state index in [0.29, 0.717) is 38.3 Å². The highest BCUT2D eigenvalue weighted by atomic mass is 32.2. The first-order chi connectivity index (χ1) is 15.7. The second kappa shape index (κ2) is 10.9. The van der Waals surface area contributed by atoms with Crippen LogP contribution in [-0.2, 0) is 24.3 Å². The zero-order valence-corrected chi connectivity index (χ0v) is 20.3. The fourth-order valence-electron chi connectivity index (χ4n) is 4.71. The van der Waals surface area contributed by atoms with Crippen LogP contribution in [0.2, 0.25) is 0 Å². The first-order valence-electron chi connectivity index (χ1n) is 11.6. The molecule has 2 N–H and O–H groups in total. The number of hydrogen-bond donors (Lipinski definition) is 2. The maximum atomic E-state index is 13.4. The van der Waals surface area contributed by atoms with Crippen LogP contribution in [0.5, 0.6) is 0 Å². The third-order valence-electron chi connectivity index (χ3n) is 7.02. The van der Waals surface area contributed by atoms with Crippen LogP contribution in [0, 0.1) is 12.8 Å². The van der Waals surface area contributed by atoms with E-state index in [9.17, 15) is 18.0 Å². The minimum absolute atomic E-state index is 0.0261. The van der Waals surface area contributed by atoms with Crippen LogP contribution in [0.3, 0.4) is 0 Å². The molecule has 33 heavy (non-hydrogen) atoms. The molecule has 0 aliphatic carbocycles. The van der Waals surface area contributed by atoms with Gasteiger partial charge in [-0.1, -0.05) is 17.7 Å². The number of nitrogens with zero attached hydrogens (tertiary/aromatic N) is 2. The number of rotatable bonds is 8. The summed E-state index contributed by atoms with van der Waals surface area (Å²) in [7, 11) is -2.16. The van der Waals surface area contributed by atoms with Crippen molar-refractivity contribution < 1.29 is 28.0 Å². The number of hydroxylamine groups is 1. The topological polar surface area (TPSA) is 116 Å². The van der Waals surface area contributed by atoms with E-state index in [1.165, 1.54) is 4.31 Å². The van der Waals surface area contributed by atoms with Crippen LogP contribution in [0.1, 0.15) is 50.5 Å². The van der Waals surface area contributed by atoms with Crippen molar-refractivity contribution >= 4 is 27.5 Å². The van der Waals surface area contributed by atoms with Crippen molar-refractivity contribution in [2.45, 2.75) is 56.6 Å². The normalized spacial score (nSPS) is 19.7. The molecule has 2 saturated heterocycles. The Labute approximate surface area is 196 Å². The number of sulfonamides is 1. The van der Waals surface area contributed by atoms with Gasteiger partial charge >= 0.3 is 0 Å². The highest BCUT2D eigenvalue weighted by Gasteiger charge is 2.54. The summed E-state index contributed by atoms with van der Waals surface area (Å²) < 4.78 is 31.7. The van der Waals surface area contributed by atoms with Crippen molar-refractivity contribution in [2.24, 2.45) is 5.92 Å². The van der Waals surface area contributed by atoms with E-state index in [-0.39, 0.29) is 32.0 Å². The Bertz CT molecular complexity index is 920. The van der Waals surface area contributed by atoms with Gasteiger partial charge in [0.1, 0.15) is 0 Å². The molecule has 0 saturated carbocycles. The van der Waals surface area contributed by atoms with Gasteiger partial charge in [0.15, 0.2) is 4.75 Å². The summed E-state index contributed by atoms with van der Waals surface area (Å²) in [6.07, 6.45) is 3.49. The Hall–Kier alpha value is -2.01. The summed E-state index contributed by atoms with van der Waals surface area (Å²) in [4.78, 5) is 26.6. The van der Waals surface area contributed by atoms with Crippen molar-refractivity contribution in [3.05, 3.63) is 29.8 Å². The van der Waals surface area contributed by atoms with E-state index in [1.807, 2.05) is 31.2 Å². The maximum Gasteiger partial charge on any atom is 0.266 e. The summed E-state index contributed by atoms with van der Waals surface area (Å²) in [6.45, 7) is 3.01. The summed E-state index contributed by atoms with van der Waals surface area (Å²) >= 11 is 0. The number of hydrogen-bond acceptors (Lipinski definition) is 6. The lowest BCUT2D eigenvalue weighted by Crippen LogP contribution is -2.60. The molecule has 10 heteroatoms. The largest absolute Gasteiger partial charge is 0.381 e. The predicted molar refractivity (Wildman–Crippen MR) is 124 cm³/mol. The number of anilines is 1. The van der Waals surface area contributed by atoms with Gasteiger partial charge in [-0.2, -0.15) is 0 Å². The van der Waals surface area contributed by atoms with Gasteiger partial charge in [-0.3, -0.25) is 14.8 Å². The van der Waals surface area contributed by atoms with E-state index in [1.54, 1.807) is 17.4 Å². The molecule has 1 aromatic rings. The number of amides is 2. The number of piperidine rings is 1. The van der Waals surface area contributed by atoms with Gasteiger partial charge < -0.3 is 9.64 Å².